The summed E-state index contributed by atoms with van der Waals surface area (Å²) in [5, 5.41) is 4.85. The fraction of sp³-hybridized carbons (Fsp3) is 0.286. The van der Waals surface area contributed by atoms with E-state index in [1.54, 1.807) is 30.4 Å². The summed E-state index contributed by atoms with van der Waals surface area (Å²) in [5.41, 5.74) is 0.553. The van der Waals surface area contributed by atoms with Crippen LogP contribution in [0.1, 0.15) is 27.9 Å². The minimum atomic E-state index is -0.346. The molecule has 100 valence electrons. The molecule has 1 amide bonds. The zero-order valence-electron chi connectivity index (χ0n) is 10.9. The van der Waals surface area contributed by atoms with E-state index in [1.807, 2.05) is 24.4 Å². The molecule has 2 aromatic heterocycles. The molecule has 2 heterocycles. The minimum Gasteiger partial charge on any atom is -0.349 e. The number of pyridine rings is 1. The van der Waals surface area contributed by atoms with Crippen LogP contribution in [0.25, 0.3) is 0 Å². The van der Waals surface area contributed by atoms with Gasteiger partial charge in [0.2, 0.25) is 0 Å². The molecule has 0 aromatic carbocycles. The van der Waals surface area contributed by atoms with Gasteiger partial charge in [0.15, 0.2) is 0 Å². The van der Waals surface area contributed by atoms with E-state index in [2.05, 4.69) is 10.3 Å². The highest BCUT2D eigenvalue weighted by Gasteiger charge is 2.13. The van der Waals surface area contributed by atoms with Gasteiger partial charge < -0.3 is 10.3 Å². The SMILES string of the molecule is Cc1ccc(C(=O)N[C@H](C)Cc2cccs2)c(=O)[nH]1. The number of carbonyl (C=O) groups excluding carboxylic acids is 1. The number of aryl methyl sites for hydroxylation is 1. The predicted molar refractivity (Wildman–Crippen MR) is 76.8 cm³/mol. The Hall–Kier alpha value is -1.88. The molecule has 0 aliphatic rings. The fourth-order valence-electron chi connectivity index (χ4n) is 1.83. The number of aromatic nitrogens is 1. The Labute approximate surface area is 115 Å². The van der Waals surface area contributed by atoms with Crippen LogP contribution in [0.2, 0.25) is 0 Å². The Kier molecular flexibility index (Phi) is 4.16. The van der Waals surface area contributed by atoms with Crippen molar-refractivity contribution < 1.29 is 4.79 Å². The number of hydrogen-bond acceptors (Lipinski definition) is 3. The smallest absolute Gasteiger partial charge is 0.260 e. The normalized spacial score (nSPS) is 12.1. The third-order valence-electron chi connectivity index (χ3n) is 2.76. The predicted octanol–water partition coefficient (Wildman–Crippen LogP) is 2.11. The van der Waals surface area contributed by atoms with Crippen LogP contribution in [0.3, 0.4) is 0 Å². The van der Waals surface area contributed by atoms with Crippen LogP contribution in [0, 0.1) is 6.92 Å². The van der Waals surface area contributed by atoms with Crippen molar-refractivity contribution >= 4 is 17.2 Å². The van der Waals surface area contributed by atoms with Crippen molar-refractivity contribution in [2.24, 2.45) is 0 Å². The van der Waals surface area contributed by atoms with Gasteiger partial charge in [-0.2, -0.15) is 0 Å². The van der Waals surface area contributed by atoms with Crippen molar-refractivity contribution in [3.8, 4) is 0 Å². The summed E-state index contributed by atoms with van der Waals surface area (Å²) in [6.07, 6.45) is 0.771. The quantitative estimate of drug-likeness (QED) is 0.898. The van der Waals surface area contributed by atoms with Gasteiger partial charge in [0.25, 0.3) is 11.5 Å². The zero-order chi connectivity index (χ0) is 13.8. The van der Waals surface area contributed by atoms with E-state index in [0.717, 1.165) is 12.1 Å². The Morgan fingerprint density at radius 1 is 1.42 bits per heavy atom. The summed E-state index contributed by atoms with van der Waals surface area (Å²) in [5.74, 6) is -0.328. The van der Waals surface area contributed by atoms with Gasteiger partial charge in [-0.1, -0.05) is 6.07 Å². The number of rotatable bonds is 4. The Balaban J connectivity index is 2.02. The van der Waals surface area contributed by atoms with Crippen LogP contribution in [-0.4, -0.2) is 16.9 Å². The summed E-state index contributed by atoms with van der Waals surface area (Å²) in [6, 6.07) is 7.29. The van der Waals surface area contributed by atoms with Gasteiger partial charge in [0.1, 0.15) is 5.56 Å². The van der Waals surface area contributed by atoms with Crippen LogP contribution in [0.5, 0.6) is 0 Å². The molecular formula is C14H16N2O2S. The highest BCUT2D eigenvalue weighted by molar-refractivity contribution is 7.09. The summed E-state index contributed by atoms with van der Waals surface area (Å²) in [6.45, 7) is 3.71. The second-order valence-electron chi connectivity index (χ2n) is 4.54. The molecule has 0 aliphatic heterocycles. The number of H-pyrrole nitrogens is 1. The van der Waals surface area contributed by atoms with Gasteiger partial charge in [-0.25, -0.2) is 0 Å². The van der Waals surface area contributed by atoms with E-state index in [9.17, 15) is 9.59 Å². The first-order valence-corrected chi connectivity index (χ1v) is 6.97. The molecule has 0 spiro atoms. The van der Waals surface area contributed by atoms with E-state index in [1.165, 1.54) is 4.88 Å². The van der Waals surface area contributed by atoms with E-state index < -0.39 is 0 Å². The van der Waals surface area contributed by atoms with Crippen molar-refractivity contribution in [1.82, 2.24) is 10.3 Å². The van der Waals surface area contributed by atoms with E-state index in [0.29, 0.717) is 0 Å². The first-order chi connectivity index (χ1) is 9.06. The molecule has 0 saturated heterocycles. The van der Waals surface area contributed by atoms with Gasteiger partial charge in [-0.05, 0) is 37.4 Å². The summed E-state index contributed by atoms with van der Waals surface area (Å²) in [7, 11) is 0. The molecule has 0 saturated carbocycles. The second-order valence-corrected chi connectivity index (χ2v) is 5.57. The molecule has 19 heavy (non-hydrogen) atoms. The van der Waals surface area contributed by atoms with Crippen LogP contribution < -0.4 is 10.9 Å². The standard InChI is InChI=1S/C14H16N2O2S/c1-9-5-6-12(13(17)15-9)14(18)16-10(2)8-11-4-3-7-19-11/h3-7,10H,8H2,1-2H3,(H,15,17)(H,16,18)/t10-/m1/s1. The lowest BCUT2D eigenvalue weighted by molar-refractivity contribution is 0.0938. The van der Waals surface area contributed by atoms with Gasteiger partial charge in [0.05, 0.1) is 0 Å². The van der Waals surface area contributed by atoms with Gasteiger partial charge in [0, 0.05) is 23.0 Å². The van der Waals surface area contributed by atoms with Gasteiger partial charge in [-0.15, -0.1) is 11.3 Å². The Morgan fingerprint density at radius 3 is 2.84 bits per heavy atom. The topological polar surface area (TPSA) is 62.0 Å². The van der Waals surface area contributed by atoms with Crippen molar-refractivity contribution in [1.29, 1.82) is 0 Å². The Bertz CT molecular complexity index is 617. The maximum absolute atomic E-state index is 12.0. The highest BCUT2D eigenvalue weighted by Crippen LogP contribution is 2.11. The number of thiophene rings is 1. The number of hydrogen-bond donors (Lipinski definition) is 2. The third kappa shape index (κ3) is 3.54. The van der Waals surface area contributed by atoms with Crippen LogP contribution in [0.15, 0.2) is 34.4 Å². The number of aromatic amines is 1. The average Bonchev–Trinajstić information content (AvgIpc) is 2.81. The molecule has 0 bridgehead atoms. The van der Waals surface area contributed by atoms with Gasteiger partial charge in [-0.3, -0.25) is 9.59 Å². The molecule has 2 aromatic rings. The first-order valence-electron chi connectivity index (χ1n) is 6.09. The van der Waals surface area contributed by atoms with E-state index >= 15 is 0 Å². The summed E-state index contributed by atoms with van der Waals surface area (Å²) < 4.78 is 0. The monoisotopic (exact) mass is 276 g/mol. The molecule has 2 rings (SSSR count). The average molecular weight is 276 g/mol. The lowest BCUT2D eigenvalue weighted by Gasteiger charge is -2.12. The molecule has 0 aliphatic carbocycles. The van der Waals surface area contributed by atoms with Crippen LogP contribution in [-0.2, 0) is 6.42 Å². The van der Waals surface area contributed by atoms with Crippen LogP contribution in [0.4, 0.5) is 0 Å². The molecule has 4 nitrogen and oxygen atoms in total. The molecule has 1 atom stereocenters. The number of amides is 1. The molecular weight excluding hydrogens is 260 g/mol. The maximum Gasteiger partial charge on any atom is 0.260 e. The van der Waals surface area contributed by atoms with Crippen LogP contribution >= 0.6 is 11.3 Å². The molecule has 2 N–H and O–H groups in total. The lowest BCUT2D eigenvalue weighted by atomic mass is 10.2. The Morgan fingerprint density at radius 2 is 2.21 bits per heavy atom. The van der Waals surface area contributed by atoms with Crippen molar-refractivity contribution in [2.45, 2.75) is 26.3 Å². The first kappa shape index (κ1) is 13.5. The second kappa shape index (κ2) is 5.84. The minimum absolute atomic E-state index is 0.00754. The molecule has 5 heteroatoms. The highest BCUT2D eigenvalue weighted by atomic mass is 32.1. The fourth-order valence-corrected chi connectivity index (χ4v) is 2.67. The summed E-state index contributed by atoms with van der Waals surface area (Å²) >= 11 is 1.66. The number of carbonyl (C=O) groups is 1. The van der Waals surface area contributed by atoms with E-state index in [-0.39, 0.29) is 23.1 Å². The van der Waals surface area contributed by atoms with Crippen molar-refractivity contribution in [3.05, 3.63) is 56.1 Å². The maximum atomic E-state index is 12.0. The lowest BCUT2D eigenvalue weighted by Crippen LogP contribution is -2.37. The molecule has 0 radical (unpaired) electrons. The largest absolute Gasteiger partial charge is 0.349 e. The molecule has 0 fully saturated rings. The van der Waals surface area contributed by atoms with Gasteiger partial charge >= 0.3 is 0 Å². The number of nitrogens with one attached hydrogen (secondary N) is 2. The van der Waals surface area contributed by atoms with Crippen molar-refractivity contribution in [2.75, 3.05) is 0 Å². The summed E-state index contributed by atoms with van der Waals surface area (Å²) in [4.78, 5) is 27.5. The third-order valence-corrected chi connectivity index (χ3v) is 3.66. The zero-order valence-corrected chi connectivity index (χ0v) is 11.7. The van der Waals surface area contributed by atoms with Crippen molar-refractivity contribution in [3.63, 3.8) is 0 Å². The molecule has 0 unspecified atom stereocenters. The van der Waals surface area contributed by atoms with E-state index in [4.69, 9.17) is 0 Å².